The Hall–Kier alpha value is -3.19. The summed E-state index contributed by atoms with van der Waals surface area (Å²) < 4.78 is 4.89. The molecule has 140 valence electrons. The number of aromatic nitrogens is 2. The number of nitrogens with zero attached hydrogens (tertiary/aromatic N) is 1. The Morgan fingerprint density at radius 3 is 2.44 bits per heavy atom. The van der Waals surface area contributed by atoms with Crippen molar-refractivity contribution in [3.63, 3.8) is 0 Å². The number of carbonyl (C=O) groups is 2. The third-order valence-corrected chi connectivity index (χ3v) is 4.16. The molecule has 0 aliphatic carbocycles. The fraction of sp³-hybridized carbons (Fsp3) is 0.250. The van der Waals surface area contributed by atoms with Gasteiger partial charge in [0, 0.05) is 37.3 Å². The van der Waals surface area contributed by atoms with Crippen molar-refractivity contribution in [2.75, 3.05) is 26.8 Å². The van der Waals surface area contributed by atoms with Crippen LogP contribution >= 0.6 is 0 Å². The first-order valence-electron chi connectivity index (χ1n) is 8.76. The average molecular weight is 366 g/mol. The summed E-state index contributed by atoms with van der Waals surface area (Å²) in [6.07, 6.45) is 2.66. The lowest BCUT2D eigenvalue weighted by Gasteiger charge is -2.07. The van der Waals surface area contributed by atoms with Crippen molar-refractivity contribution in [2.45, 2.75) is 6.42 Å². The topological polar surface area (TPSA) is 96.1 Å². The Kier molecular flexibility index (Phi) is 6.17. The average Bonchev–Trinajstić information content (AvgIpc) is 3.11. The molecule has 0 atom stereocenters. The van der Waals surface area contributed by atoms with Gasteiger partial charge >= 0.3 is 0 Å². The number of H-pyrrole nitrogens is 1. The van der Waals surface area contributed by atoms with Crippen molar-refractivity contribution in [3.05, 3.63) is 65.6 Å². The van der Waals surface area contributed by atoms with Gasteiger partial charge in [-0.2, -0.15) is 0 Å². The van der Waals surface area contributed by atoms with Gasteiger partial charge in [-0.25, -0.2) is 4.98 Å². The van der Waals surface area contributed by atoms with E-state index in [4.69, 9.17) is 4.74 Å². The Labute approximate surface area is 157 Å². The number of ether oxygens (including phenoxy) is 1. The van der Waals surface area contributed by atoms with E-state index in [2.05, 4.69) is 26.7 Å². The standard InChI is InChI=1S/C20H22N4O3/c1-27-12-11-22-20(26)18-8-4-7-17(24-18)19(25)21-10-9-14-13-23-16-6-3-2-5-15(14)16/h2-8,13,23H,9-12H2,1H3,(H,21,25)(H,22,26). The zero-order chi connectivity index (χ0) is 19.1. The molecule has 0 radical (unpaired) electrons. The number of fused-ring (bicyclic) bond motifs is 1. The number of methoxy groups -OCH3 is 1. The summed E-state index contributed by atoms with van der Waals surface area (Å²) in [5.41, 5.74) is 2.64. The number of para-hydroxylation sites is 1. The van der Waals surface area contributed by atoms with Gasteiger partial charge in [0.25, 0.3) is 11.8 Å². The Balaban J connectivity index is 1.56. The maximum Gasteiger partial charge on any atom is 0.269 e. The van der Waals surface area contributed by atoms with E-state index in [0.717, 1.165) is 16.5 Å². The molecule has 0 spiro atoms. The van der Waals surface area contributed by atoms with Crippen molar-refractivity contribution in [1.29, 1.82) is 0 Å². The van der Waals surface area contributed by atoms with E-state index in [1.807, 2.05) is 24.4 Å². The van der Waals surface area contributed by atoms with Crippen LogP contribution < -0.4 is 10.6 Å². The molecule has 0 saturated heterocycles. The molecular weight excluding hydrogens is 344 g/mol. The Morgan fingerprint density at radius 1 is 1.00 bits per heavy atom. The van der Waals surface area contributed by atoms with Gasteiger partial charge in [0.1, 0.15) is 11.4 Å². The number of pyridine rings is 1. The summed E-state index contributed by atoms with van der Waals surface area (Å²) in [5, 5.41) is 6.69. The highest BCUT2D eigenvalue weighted by Crippen LogP contribution is 2.17. The number of carbonyl (C=O) groups excluding carboxylic acids is 2. The minimum atomic E-state index is -0.333. The summed E-state index contributed by atoms with van der Waals surface area (Å²) in [7, 11) is 1.56. The molecule has 27 heavy (non-hydrogen) atoms. The highest BCUT2D eigenvalue weighted by atomic mass is 16.5. The number of aromatic amines is 1. The largest absolute Gasteiger partial charge is 0.383 e. The van der Waals surface area contributed by atoms with E-state index < -0.39 is 0 Å². The number of nitrogens with one attached hydrogen (secondary N) is 3. The van der Waals surface area contributed by atoms with Gasteiger partial charge in [-0.15, -0.1) is 0 Å². The van der Waals surface area contributed by atoms with Crippen LogP contribution in [0.25, 0.3) is 10.9 Å². The van der Waals surface area contributed by atoms with Gasteiger partial charge in [0.15, 0.2) is 0 Å². The van der Waals surface area contributed by atoms with Crippen LogP contribution in [0.5, 0.6) is 0 Å². The van der Waals surface area contributed by atoms with E-state index in [1.54, 1.807) is 25.3 Å². The van der Waals surface area contributed by atoms with Crippen molar-refractivity contribution in [2.24, 2.45) is 0 Å². The molecule has 0 unspecified atom stereocenters. The normalized spacial score (nSPS) is 10.7. The van der Waals surface area contributed by atoms with Crippen LogP contribution in [0.1, 0.15) is 26.5 Å². The number of hydrogen-bond acceptors (Lipinski definition) is 4. The van der Waals surface area contributed by atoms with Crippen molar-refractivity contribution < 1.29 is 14.3 Å². The van der Waals surface area contributed by atoms with Crippen molar-refractivity contribution >= 4 is 22.7 Å². The molecule has 0 aliphatic rings. The van der Waals surface area contributed by atoms with E-state index >= 15 is 0 Å². The molecule has 0 fully saturated rings. The molecule has 2 heterocycles. The zero-order valence-electron chi connectivity index (χ0n) is 15.1. The molecule has 7 nitrogen and oxygen atoms in total. The van der Waals surface area contributed by atoms with Gasteiger partial charge in [0.05, 0.1) is 6.61 Å². The second-order valence-corrected chi connectivity index (χ2v) is 6.02. The highest BCUT2D eigenvalue weighted by molar-refractivity contribution is 5.96. The SMILES string of the molecule is COCCNC(=O)c1cccc(C(=O)NCCc2c[nH]c3ccccc23)n1. The van der Waals surface area contributed by atoms with Gasteiger partial charge in [0.2, 0.25) is 0 Å². The lowest BCUT2D eigenvalue weighted by molar-refractivity contribution is 0.0931. The first-order valence-corrected chi connectivity index (χ1v) is 8.76. The summed E-state index contributed by atoms with van der Waals surface area (Å²) in [6.45, 7) is 1.28. The summed E-state index contributed by atoms with van der Waals surface area (Å²) in [6, 6.07) is 12.9. The third-order valence-electron chi connectivity index (χ3n) is 4.16. The lowest BCUT2D eigenvalue weighted by atomic mass is 10.1. The third kappa shape index (κ3) is 4.71. The smallest absolute Gasteiger partial charge is 0.269 e. The van der Waals surface area contributed by atoms with Gasteiger partial charge in [-0.3, -0.25) is 9.59 Å². The molecule has 3 N–H and O–H groups in total. The van der Waals surface area contributed by atoms with Crippen LogP contribution in [-0.2, 0) is 11.2 Å². The van der Waals surface area contributed by atoms with E-state index in [-0.39, 0.29) is 23.2 Å². The number of rotatable bonds is 8. The molecule has 1 aromatic carbocycles. The summed E-state index contributed by atoms with van der Waals surface area (Å²) in [4.78, 5) is 31.7. The maximum absolute atomic E-state index is 12.3. The summed E-state index contributed by atoms with van der Waals surface area (Å²) >= 11 is 0. The highest BCUT2D eigenvalue weighted by Gasteiger charge is 2.12. The van der Waals surface area contributed by atoms with Gasteiger partial charge in [-0.1, -0.05) is 24.3 Å². The van der Waals surface area contributed by atoms with Gasteiger partial charge in [-0.05, 0) is 30.2 Å². The van der Waals surface area contributed by atoms with Crippen LogP contribution in [-0.4, -0.2) is 48.6 Å². The minimum absolute atomic E-state index is 0.204. The Morgan fingerprint density at radius 2 is 1.70 bits per heavy atom. The molecule has 3 aromatic rings. The van der Waals surface area contributed by atoms with Gasteiger partial charge < -0.3 is 20.4 Å². The van der Waals surface area contributed by atoms with E-state index in [0.29, 0.717) is 26.1 Å². The molecule has 3 rings (SSSR count). The first kappa shape index (κ1) is 18.6. The predicted octanol–water partition coefficient (Wildman–Crippen LogP) is 1.91. The van der Waals surface area contributed by atoms with Crippen LogP contribution in [0.2, 0.25) is 0 Å². The van der Waals surface area contributed by atoms with Crippen LogP contribution in [0, 0.1) is 0 Å². The lowest BCUT2D eigenvalue weighted by Crippen LogP contribution is -2.30. The van der Waals surface area contributed by atoms with E-state index in [9.17, 15) is 9.59 Å². The molecule has 0 aliphatic heterocycles. The fourth-order valence-electron chi connectivity index (χ4n) is 2.78. The second kappa shape index (κ2) is 8.95. The van der Waals surface area contributed by atoms with Crippen LogP contribution in [0.15, 0.2) is 48.7 Å². The van der Waals surface area contributed by atoms with Crippen molar-refractivity contribution in [3.8, 4) is 0 Å². The molecular formula is C20H22N4O3. The molecule has 2 aromatic heterocycles. The van der Waals surface area contributed by atoms with Crippen molar-refractivity contribution in [1.82, 2.24) is 20.6 Å². The minimum Gasteiger partial charge on any atom is -0.383 e. The number of benzene rings is 1. The van der Waals surface area contributed by atoms with E-state index in [1.165, 1.54) is 0 Å². The summed E-state index contributed by atoms with van der Waals surface area (Å²) in [5.74, 6) is -0.637. The van der Waals surface area contributed by atoms with Crippen LogP contribution in [0.4, 0.5) is 0 Å². The zero-order valence-corrected chi connectivity index (χ0v) is 15.1. The monoisotopic (exact) mass is 366 g/mol. The molecule has 0 saturated carbocycles. The second-order valence-electron chi connectivity index (χ2n) is 6.02. The number of hydrogen-bond donors (Lipinski definition) is 3. The molecule has 7 heteroatoms. The molecule has 0 bridgehead atoms. The first-order chi connectivity index (χ1) is 13.2. The fourth-order valence-corrected chi connectivity index (χ4v) is 2.78. The predicted molar refractivity (Wildman–Crippen MR) is 103 cm³/mol. The number of amides is 2. The van der Waals surface area contributed by atoms with Crippen LogP contribution in [0.3, 0.4) is 0 Å². The Bertz CT molecular complexity index is 936. The molecule has 2 amide bonds. The maximum atomic E-state index is 12.3. The quantitative estimate of drug-likeness (QED) is 0.531.